The van der Waals surface area contributed by atoms with Crippen molar-refractivity contribution in [2.45, 2.75) is 6.54 Å². The van der Waals surface area contributed by atoms with E-state index >= 15 is 0 Å². The quantitative estimate of drug-likeness (QED) is 0.663. The van der Waals surface area contributed by atoms with Crippen LogP contribution in [-0.4, -0.2) is 30.0 Å². The van der Waals surface area contributed by atoms with Crippen molar-refractivity contribution < 1.29 is 18.7 Å². The average Bonchev–Trinajstić information content (AvgIpc) is 3.11. The number of carbonyl (C=O) groups is 1. The molecule has 0 atom stereocenters. The summed E-state index contributed by atoms with van der Waals surface area (Å²) in [5.74, 6) is 0.634. The molecule has 1 aromatic carbocycles. The molecule has 128 valence electrons. The number of rotatable bonds is 5. The first kappa shape index (κ1) is 16.5. The Morgan fingerprint density at radius 2 is 2.00 bits per heavy atom. The minimum atomic E-state index is -0.573. The van der Waals surface area contributed by atoms with Gasteiger partial charge in [-0.15, -0.1) is 0 Å². The minimum absolute atomic E-state index is 0.0782. The van der Waals surface area contributed by atoms with Gasteiger partial charge in [-0.05, 0) is 30.3 Å². The highest BCUT2D eigenvalue weighted by molar-refractivity contribution is 5.86. The third-order valence-corrected chi connectivity index (χ3v) is 3.59. The van der Waals surface area contributed by atoms with Crippen LogP contribution < -0.4 is 10.3 Å². The van der Waals surface area contributed by atoms with E-state index < -0.39 is 5.97 Å². The smallest absolute Gasteiger partial charge is 0.373 e. The first-order valence-corrected chi connectivity index (χ1v) is 7.50. The van der Waals surface area contributed by atoms with Crippen molar-refractivity contribution in [1.29, 1.82) is 0 Å². The normalized spacial score (nSPS) is 10.5. The average molecular weight is 340 g/mol. The van der Waals surface area contributed by atoms with Gasteiger partial charge in [-0.3, -0.25) is 4.79 Å². The standard InChI is InChI=1S/C18H16N2O5/c1-23-13-5-3-4-12(10-13)15-7-9-17(21)20(19-15)11-14-6-8-16(25-14)18(22)24-2/h3-10H,11H2,1-2H3. The number of carbonyl (C=O) groups excluding carboxylic acids is 1. The van der Waals surface area contributed by atoms with E-state index in [0.29, 0.717) is 17.2 Å². The first-order chi connectivity index (χ1) is 12.1. The molecule has 0 saturated heterocycles. The predicted molar refractivity (Wildman–Crippen MR) is 89.6 cm³/mol. The summed E-state index contributed by atoms with van der Waals surface area (Å²) in [6.07, 6.45) is 0. The maximum Gasteiger partial charge on any atom is 0.373 e. The zero-order valence-electron chi connectivity index (χ0n) is 13.8. The van der Waals surface area contributed by atoms with Crippen LogP contribution in [0.1, 0.15) is 16.3 Å². The zero-order chi connectivity index (χ0) is 17.8. The van der Waals surface area contributed by atoms with Gasteiger partial charge in [0.2, 0.25) is 5.76 Å². The van der Waals surface area contributed by atoms with Crippen LogP contribution in [0.2, 0.25) is 0 Å². The number of ether oxygens (including phenoxy) is 2. The van der Waals surface area contributed by atoms with E-state index in [9.17, 15) is 9.59 Å². The number of benzene rings is 1. The molecule has 0 aliphatic carbocycles. The van der Waals surface area contributed by atoms with Crippen LogP contribution in [0.15, 0.2) is 57.7 Å². The van der Waals surface area contributed by atoms with Crippen LogP contribution in [-0.2, 0) is 11.3 Å². The summed E-state index contributed by atoms with van der Waals surface area (Å²) in [5.41, 5.74) is 1.17. The summed E-state index contributed by atoms with van der Waals surface area (Å²) in [6, 6.07) is 13.6. The van der Waals surface area contributed by atoms with Crippen LogP contribution in [0.3, 0.4) is 0 Å². The molecular weight excluding hydrogens is 324 g/mol. The Morgan fingerprint density at radius 1 is 1.16 bits per heavy atom. The summed E-state index contributed by atoms with van der Waals surface area (Å²) in [7, 11) is 2.86. The maximum absolute atomic E-state index is 12.1. The molecule has 7 heteroatoms. The molecule has 3 aromatic rings. The summed E-state index contributed by atoms with van der Waals surface area (Å²) < 4.78 is 16.5. The lowest BCUT2D eigenvalue weighted by atomic mass is 10.1. The van der Waals surface area contributed by atoms with Crippen LogP contribution in [0.5, 0.6) is 5.75 Å². The fourth-order valence-electron chi connectivity index (χ4n) is 2.32. The highest BCUT2D eigenvalue weighted by atomic mass is 16.5. The second-order valence-corrected chi connectivity index (χ2v) is 5.20. The van der Waals surface area contributed by atoms with Crippen molar-refractivity contribution >= 4 is 5.97 Å². The van der Waals surface area contributed by atoms with E-state index in [1.165, 1.54) is 23.9 Å². The Balaban J connectivity index is 1.90. The lowest BCUT2D eigenvalue weighted by molar-refractivity contribution is 0.0562. The zero-order valence-corrected chi connectivity index (χ0v) is 13.8. The summed E-state index contributed by atoms with van der Waals surface area (Å²) in [5, 5.41) is 4.36. The molecule has 7 nitrogen and oxygen atoms in total. The van der Waals surface area contributed by atoms with Gasteiger partial charge in [0.1, 0.15) is 18.1 Å². The van der Waals surface area contributed by atoms with E-state index in [4.69, 9.17) is 9.15 Å². The SMILES string of the molecule is COC(=O)c1ccc(Cn2nc(-c3cccc(OC)c3)ccc2=O)o1. The molecular formula is C18H16N2O5. The molecule has 3 rings (SSSR count). The van der Waals surface area contributed by atoms with Crippen molar-refractivity contribution in [2.24, 2.45) is 0 Å². The molecule has 0 fully saturated rings. The molecule has 0 spiro atoms. The number of furan rings is 1. The van der Waals surface area contributed by atoms with E-state index in [-0.39, 0.29) is 17.9 Å². The molecule has 0 radical (unpaired) electrons. The Morgan fingerprint density at radius 3 is 2.76 bits per heavy atom. The van der Waals surface area contributed by atoms with Crippen molar-refractivity contribution in [3.63, 3.8) is 0 Å². The van der Waals surface area contributed by atoms with Crippen LogP contribution in [0.4, 0.5) is 0 Å². The Labute approximate surface area is 143 Å². The predicted octanol–water partition coefficient (Wildman–Crippen LogP) is 2.35. The molecule has 0 saturated carbocycles. The number of hydrogen-bond acceptors (Lipinski definition) is 6. The molecule has 0 unspecified atom stereocenters. The lowest BCUT2D eigenvalue weighted by Gasteiger charge is -2.07. The molecule has 25 heavy (non-hydrogen) atoms. The molecule has 2 aromatic heterocycles. The molecule has 0 bridgehead atoms. The van der Waals surface area contributed by atoms with Crippen LogP contribution in [0, 0.1) is 0 Å². The van der Waals surface area contributed by atoms with Gasteiger partial charge in [0.05, 0.1) is 19.9 Å². The van der Waals surface area contributed by atoms with Gasteiger partial charge in [0.15, 0.2) is 0 Å². The van der Waals surface area contributed by atoms with E-state index in [1.54, 1.807) is 19.2 Å². The summed E-state index contributed by atoms with van der Waals surface area (Å²) >= 11 is 0. The van der Waals surface area contributed by atoms with Gasteiger partial charge in [0.25, 0.3) is 5.56 Å². The second-order valence-electron chi connectivity index (χ2n) is 5.20. The van der Waals surface area contributed by atoms with Crippen LogP contribution >= 0.6 is 0 Å². The Hall–Kier alpha value is -3.35. The number of methoxy groups -OCH3 is 2. The third kappa shape index (κ3) is 3.60. The first-order valence-electron chi connectivity index (χ1n) is 7.50. The van der Waals surface area contributed by atoms with E-state index in [1.807, 2.05) is 24.3 Å². The fourth-order valence-corrected chi connectivity index (χ4v) is 2.32. The maximum atomic E-state index is 12.1. The second kappa shape index (κ2) is 7.04. The molecule has 0 N–H and O–H groups in total. The molecule has 0 aliphatic rings. The van der Waals surface area contributed by atoms with Crippen molar-refractivity contribution in [2.75, 3.05) is 14.2 Å². The van der Waals surface area contributed by atoms with E-state index in [2.05, 4.69) is 9.84 Å². The largest absolute Gasteiger partial charge is 0.497 e. The van der Waals surface area contributed by atoms with Gasteiger partial charge >= 0.3 is 5.97 Å². The van der Waals surface area contributed by atoms with Gasteiger partial charge in [0, 0.05) is 11.6 Å². The van der Waals surface area contributed by atoms with Gasteiger partial charge in [-0.1, -0.05) is 12.1 Å². The van der Waals surface area contributed by atoms with Crippen molar-refractivity contribution in [1.82, 2.24) is 9.78 Å². The highest BCUT2D eigenvalue weighted by Crippen LogP contribution is 2.21. The Bertz CT molecular complexity index is 958. The monoisotopic (exact) mass is 340 g/mol. The third-order valence-electron chi connectivity index (χ3n) is 3.59. The van der Waals surface area contributed by atoms with E-state index in [0.717, 1.165) is 5.56 Å². The van der Waals surface area contributed by atoms with Gasteiger partial charge in [-0.2, -0.15) is 5.10 Å². The summed E-state index contributed by atoms with van der Waals surface area (Å²) in [6.45, 7) is 0.105. The van der Waals surface area contributed by atoms with Gasteiger partial charge in [-0.25, -0.2) is 9.48 Å². The molecule has 2 heterocycles. The molecule has 0 amide bonds. The topological polar surface area (TPSA) is 83.6 Å². The van der Waals surface area contributed by atoms with Crippen LogP contribution in [0.25, 0.3) is 11.3 Å². The minimum Gasteiger partial charge on any atom is -0.497 e. The van der Waals surface area contributed by atoms with Gasteiger partial charge < -0.3 is 13.9 Å². The lowest BCUT2D eigenvalue weighted by Crippen LogP contribution is -2.22. The number of hydrogen-bond donors (Lipinski definition) is 0. The Kier molecular flexibility index (Phi) is 4.65. The molecule has 0 aliphatic heterocycles. The van der Waals surface area contributed by atoms with Crippen molar-refractivity contribution in [3.05, 3.63) is 70.4 Å². The summed E-state index contributed by atoms with van der Waals surface area (Å²) in [4.78, 5) is 23.5. The van der Waals surface area contributed by atoms with Crippen molar-refractivity contribution in [3.8, 4) is 17.0 Å². The number of esters is 1. The number of nitrogens with zero attached hydrogens (tertiary/aromatic N) is 2. The highest BCUT2D eigenvalue weighted by Gasteiger charge is 2.12. The number of aromatic nitrogens is 2. The fraction of sp³-hybridized carbons (Fsp3) is 0.167.